The summed E-state index contributed by atoms with van der Waals surface area (Å²) in [5, 5.41) is 6.00. The van der Waals surface area contributed by atoms with Crippen molar-refractivity contribution in [1.29, 1.82) is 0 Å². The van der Waals surface area contributed by atoms with Crippen LogP contribution in [0.15, 0.2) is 53.7 Å². The summed E-state index contributed by atoms with van der Waals surface area (Å²) in [6.45, 7) is 3.06. The second kappa shape index (κ2) is 9.42. The summed E-state index contributed by atoms with van der Waals surface area (Å²) < 4.78 is 0. The third-order valence-electron chi connectivity index (χ3n) is 3.49. The van der Waals surface area contributed by atoms with Crippen LogP contribution in [0.1, 0.15) is 17.5 Å². The number of hydrogen-bond acceptors (Lipinski definition) is 3. The molecule has 0 aliphatic heterocycles. The van der Waals surface area contributed by atoms with E-state index in [9.17, 15) is 4.79 Å². The number of guanidine groups is 1. The molecule has 0 spiro atoms. The maximum absolute atomic E-state index is 12.0. The summed E-state index contributed by atoms with van der Waals surface area (Å²) in [6.07, 6.45) is 2.07. The van der Waals surface area contributed by atoms with Crippen molar-refractivity contribution in [2.24, 2.45) is 4.99 Å². The fourth-order valence-corrected chi connectivity index (χ4v) is 2.14. The van der Waals surface area contributed by atoms with Crippen molar-refractivity contribution in [3.63, 3.8) is 0 Å². The highest BCUT2D eigenvalue weighted by Crippen LogP contribution is 2.04. The molecule has 25 heavy (non-hydrogen) atoms. The van der Waals surface area contributed by atoms with E-state index in [0.717, 1.165) is 17.1 Å². The van der Waals surface area contributed by atoms with E-state index in [1.807, 2.05) is 62.3 Å². The number of hydrogen-bond donors (Lipinski definition) is 2. The van der Waals surface area contributed by atoms with Gasteiger partial charge in [-0.2, -0.15) is 0 Å². The van der Waals surface area contributed by atoms with Gasteiger partial charge < -0.3 is 15.5 Å². The molecular formula is C19H25N5O. The van der Waals surface area contributed by atoms with Crippen LogP contribution in [-0.4, -0.2) is 42.4 Å². The minimum atomic E-state index is -0.0787. The lowest BCUT2D eigenvalue weighted by atomic mass is 10.2. The Labute approximate surface area is 149 Å². The third-order valence-corrected chi connectivity index (χ3v) is 3.49. The van der Waals surface area contributed by atoms with Gasteiger partial charge in [-0.1, -0.05) is 36.4 Å². The molecule has 6 heteroatoms. The molecule has 0 radical (unpaired) electrons. The van der Waals surface area contributed by atoms with Crippen molar-refractivity contribution in [2.45, 2.75) is 19.9 Å². The molecule has 6 nitrogen and oxygen atoms in total. The highest BCUT2D eigenvalue weighted by atomic mass is 16.1. The molecule has 0 aliphatic rings. The molecule has 0 unspecified atom stereocenters. The predicted octanol–water partition coefficient (Wildman–Crippen LogP) is 2.43. The number of nitrogens with zero attached hydrogens (tertiary/aromatic N) is 3. The van der Waals surface area contributed by atoms with Crippen molar-refractivity contribution in [2.75, 3.05) is 26.0 Å². The second-order valence-electron chi connectivity index (χ2n) is 5.97. The molecule has 0 fully saturated rings. The zero-order valence-electron chi connectivity index (χ0n) is 15.0. The van der Waals surface area contributed by atoms with Crippen molar-refractivity contribution < 1.29 is 4.79 Å². The molecule has 132 valence electrons. The lowest BCUT2D eigenvalue weighted by molar-refractivity contribution is -0.116. The fraction of sp³-hybridized carbons (Fsp3) is 0.316. The van der Waals surface area contributed by atoms with Crippen LogP contribution < -0.4 is 10.6 Å². The highest BCUT2D eigenvalue weighted by molar-refractivity contribution is 5.90. The van der Waals surface area contributed by atoms with Crippen molar-refractivity contribution in [3.05, 3.63) is 59.8 Å². The lowest BCUT2D eigenvalue weighted by Crippen LogP contribution is -2.38. The van der Waals surface area contributed by atoms with E-state index in [0.29, 0.717) is 25.3 Å². The summed E-state index contributed by atoms with van der Waals surface area (Å²) in [4.78, 5) is 22.6. The molecule has 0 saturated heterocycles. The molecule has 1 aromatic carbocycles. The largest absolute Gasteiger partial charge is 0.356 e. The SMILES string of the molecule is Cc1ccc(NC(=O)CCNC(=NCc2ccccc2)N(C)C)nc1. The molecule has 1 heterocycles. The normalized spacial score (nSPS) is 11.1. The number of nitrogens with one attached hydrogen (secondary N) is 2. The Morgan fingerprint density at radius 2 is 1.92 bits per heavy atom. The first kappa shape index (κ1) is 18.4. The van der Waals surface area contributed by atoms with Crippen LogP contribution in [0.2, 0.25) is 0 Å². The monoisotopic (exact) mass is 339 g/mol. The maximum atomic E-state index is 12.0. The van der Waals surface area contributed by atoms with Gasteiger partial charge in [-0.25, -0.2) is 9.98 Å². The van der Waals surface area contributed by atoms with Crippen LogP contribution in [0.4, 0.5) is 5.82 Å². The molecule has 0 atom stereocenters. The van der Waals surface area contributed by atoms with E-state index in [1.54, 1.807) is 12.3 Å². The first-order chi connectivity index (χ1) is 12.0. The first-order valence-corrected chi connectivity index (χ1v) is 8.26. The van der Waals surface area contributed by atoms with Crippen LogP contribution >= 0.6 is 0 Å². The van der Waals surface area contributed by atoms with E-state index < -0.39 is 0 Å². The topological polar surface area (TPSA) is 69.6 Å². The predicted molar refractivity (Wildman–Crippen MR) is 101 cm³/mol. The summed E-state index contributed by atoms with van der Waals surface area (Å²) in [7, 11) is 3.85. The van der Waals surface area contributed by atoms with Gasteiger partial charge in [0.05, 0.1) is 6.54 Å². The third kappa shape index (κ3) is 6.63. The Hall–Kier alpha value is -2.89. The van der Waals surface area contributed by atoms with Gasteiger partial charge in [0.1, 0.15) is 5.82 Å². The number of amides is 1. The Balaban J connectivity index is 1.80. The van der Waals surface area contributed by atoms with E-state index in [1.165, 1.54) is 0 Å². The molecule has 0 saturated carbocycles. The molecular weight excluding hydrogens is 314 g/mol. The number of aliphatic imine (C=N–C) groups is 1. The second-order valence-corrected chi connectivity index (χ2v) is 5.97. The summed E-state index contributed by atoms with van der Waals surface area (Å²) in [5.41, 5.74) is 2.21. The average molecular weight is 339 g/mol. The number of pyridine rings is 1. The van der Waals surface area contributed by atoms with E-state index in [4.69, 9.17) is 0 Å². The van der Waals surface area contributed by atoms with Crippen LogP contribution in [0.25, 0.3) is 0 Å². The number of benzene rings is 1. The summed E-state index contributed by atoms with van der Waals surface area (Å²) in [5.74, 6) is 1.25. The molecule has 0 bridgehead atoms. The Kier molecular flexibility index (Phi) is 6.95. The number of rotatable bonds is 6. The van der Waals surface area contributed by atoms with Gasteiger partial charge in [-0.15, -0.1) is 0 Å². The van der Waals surface area contributed by atoms with Crippen LogP contribution in [0.3, 0.4) is 0 Å². The van der Waals surface area contributed by atoms with Crippen LogP contribution in [-0.2, 0) is 11.3 Å². The smallest absolute Gasteiger partial charge is 0.227 e. The van der Waals surface area contributed by atoms with Gasteiger partial charge >= 0.3 is 0 Å². The van der Waals surface area contributed by atoms with E-state index >= 15 is 0 Å². The first-order valence-electron chi connectivity index (χ1n) is 8.26. The highest BCUT2D eigenvalue weighted by Gasteiger charge is 2.06. The van der Waals surface area contributed by atoms with Gasteiger partial charge in [-0.3, -0.25) is 4.79 Å². The number of aryl methyl sites for hydroxylation is 1. The number of carbonyl (C=O) groups excluding carboxylic acids is 1. The Bertz CT molecular complexity index is 696. The maximum Gasteiger partial charge on any atom is 0.227 e. The number of anilines is 1. The van der Waals surface area contributed by atoms with Crippen molar-refractivity contribution in [3.8, 4) is 0 Å². The Morgan fingerprint density at radius 3 is 2.56 bits per heavy atom. The number of aromatic nitrogens is 1. The quantitative estimate of drug-likeness (QED) is 0.626. The van der Waals surface area contributed by atoms with Gasteiger partial charge in [0.15, 0.2) is 5.96 Å². The van der Waals surface area contributed by atoms with E-state index in [-0.39, 0.29) is 5.91 Å². The molecule has 1 amide bonds. The van der Waals surface area contributed by atoms with Gasteiger partial charge in [0.25, 0.3) is 0 Å². The fourth-order valence-electron chi connectivity index (χ4n) is 2.14. The van der Waals surface area contributed by atoms with Crippen molar-refractivity contribution >= 4 is 17.7 Å². The number of carbonyl (C=O) groups is 1. The Morgan fingerprint density at radius 1 is 1.16 bits per heavy atom. The molecule has 1 aromatic heterocycles. The standard InChI is InChI=1S/C19H25N5O/c1-15-9-10-17(21-13-15)23-18(25)11-12-20-19(24(2)3)22-14-16-7-5-4-6-8-16/h4-10,13H,11-12,14H2,1-3H3,(H,20,22)(H,21,23,25). The average Bonchev–Trinajstić information content (AvgIpc) is 2.60. The van der Waals surface area contributed by atoms with Gasteiger partial charge in [0.2, 0.25) is 5.91 Å². The molecule has 2 N–H and O–H groups in total. The zero-order chi connectivity index (χ0) is 18.1. The van der Waals surface area contributed by atoms with Crippen LogP contribution in [0.5, 0.6) is 0 Å². The minimum absolute atomic E-state index is 0.0787. The molecule has 2 aromatic rings. The van der Waals surface area contributed by atoms with Crippen LogP contribution in [0, 0.1) is 6.92 Å². The van der Waals surface area contributed by atoms with Gasteiger partial charge in [0, 0.05) is 33.3 Å². The summed E-state index contributed by atoms with van der Waals surface area (Å²) >= 11 is 0. The van der Waals surface area contributed by atoms with Crippen molar-refractivity contribution in [1.82, 2.24) is 15.2 Å². The zero-order valence-corrected chi connectivity index (χ0v) is 15.0. The lowest BCUT2D eigenvalue weighted by Gasteiger charge is -2.17. The van der Waals surface area contributed by atoms with E-state index in [2.05, 4.69) is 20.6 Å². The minimum Gasteiger partial charge on any atom is -0.356 e. The van der Waals surface area contributed by atoms with Gasteiger partial charge in [-0.05, 0) is 24.1 Å². The molecule has 2 rings (SSSR count). The summed E-state index contributed by atoms with van der Waals surface area (Å²) in [6, 6.07) is 13.8. The molecule has 0 aliphatic carbocycles.